The highest BCUT2D eigenvalue weighted by Crippen LogP contribution is 2.35. The Kier molecular flexibility index (Phi) is 6.02. The molecule has 0 bridgehead atoms. The molecule has 33 heavy (non-hydrogen) atoms. The number of nitrogens with one attached hydrogen (secondary N) is 1. The summed E-state index contributed by atoms with van der Waals surface area (Å²) in [5, 5.41) is 6.90. The number of rotatable bonds is 4. The molecule has 0 atom stereocenters. The van der Waals surface area contributed by atoms with Crippen LogP contribution in [0.5, 0.6) is 0 Å². The van der Waals surface area contributed by atoms with Gasteiger partial charge in [-0.2, -0.15) is 18.3 Å². The van der Waals surface area contributed by atoms with Gasteiger partial charge in [-0.1, -0.05) is 35.3 Å². The summed E-state index contributed by atoms with van der Waals surface area (Å²) in [4.78, 5) is 16.6. The summed E-state index contributed by atoms with van der Waals surface area (Å²) in [6.45, 7) is 2.00. The van der Waals surface area contributed by atoms with E-state index < -0.39 is 17.8 Å². The summed E-state index contributed by atoms with van der Waals surface area (Å²) < 4.78 is 54.9. The molecule has 4 rings (SSSR count). The van der Waals surface area contributed by atoms with Gasteiger partial charge in [0.2, 0.25) is 0 Å². The second-order valence-corrected chi connectivity index (χ2v) is 8.06. The molecule has 5 nitrogen and oxygen atoms in total. The molecule has 4 aromatic rings. The van der Waals surface area contributed by atoms with Gasteiger partial charge in [0.1, 0.15) is 11.5 Å². The third-order valence-electron chi connectivity index (χ3n) is 4.96. The summed E-state index contributed by atoms with van der Waals surface area (Å²) in [5.74, 6) is -1.18. The molecule has 0 aliphatic heterocycles. The Morgan fingerprint density at radius 2 is 1.82 bits per heavy atom. The SMILES string of the molecule is Cc1c(NC(=O)c2cc(C(F)(F)F)nc3c(Cl)cc(Cl)cc23)cnn1Cc1ccc(F)cc1. The van der Waals surface area contributed by atoms with Crippen LogP contribution in [0.15, 0.2) is 48.7 Å². The van der Waals surface area contributed by atoms with Gasteiger partial charge in [-0.05, 0) is 42.8 Å². The quantitative estimate of drug-likeness (QED) is 0.328. The van der Waals surface area contributed by atoms with Gasteiger partial charge >= 0.3 is 6.18 Å². The fourth-order valence-electron chi connectivity index (χ4n) is 3.27. The highest BCUT2D eigenvalue weighted by molar-refractivity contribution is 6.39. The Bertz CT molecular complexity index is 1370. The van der Waals surface area contributed by atoms with Crippen LogP contribution < -0.4 is 5.32 Å². The van der Waals surface area contributed by atoms with Crippen LogP contribution in [0.4, 0.5) is 23.2 Å². The lowest BCUT2D eigenvalue weighted by atomic mass is 10.1. The number of carbonyl (C=O) groups excluding carboxylic acids is 1. The standard InChI is InChI=1S/C22H14Cl2F4N4O/c1-11-18(9-29-32(11)10-12-2-4-14(25)5-3-12)30-21(33)16-8-19(22(26,27)28)31-20-15(16)6-13(23)7-17(20)24/h2-9H,10H2,1H3,(H,30,33). The smallest absolute Gasteiger partial charge is 0.319 e. The van der Waals surface area contributed by atoms with Crippen molar-refractivity contribution in [2.24, 2.45) is 0 Å². The van der Waals surface area contributed by atoms with E-state index in [2.05, 4.69) is 15.4 Å². The van der Waals surface area contributed by atoms with Gasteiger partial charge in [-0.3, -0.25) is 9.48 Å². The average Bonchev–Trinajstić information content (AvgIpc) is 3.07. The number of hydrogen-bond donors (Lipinski definition) is 1. The maximum absolute atomic E-state index is 13.4. The van der Waals surface area contributed by atoms with Gasteiger partial charge in [0.25, 0.3) is 5.91 Å². The summed E-state index contributed by atoms with van der Waals surface area (Å²) in [6.07, 6.45) is -3.41. The number of hydrogen-bond acceptors (Lipinski definition) is 3. The minimum atomic E-state index is -4.79. The molecule has 0 radical (unpaired) electrons. The third-order valence-corrected chi connectivity index (χ3v) is 5.47. The van der Waals surface area contributed by atoms with Crippen molar-refractivity contribution in [3.05, 3.63) is 87.0 Å². The molecule has 0 spiro atoms. The fraction of sp³-hybridized carbons (Fsp3) is 0.136. The van der Waals surface area contributed by atoms with Gasteiger partial charge in [-0.15, -0.1) is 0 Å². The predicted molar refractivity (Wildman–Crippen MR) is 117 cm³/mol. The van der Waals surface area contributed by atoms with Crippen molar-refractivity contribution in [3.63, 3.8) is 0 Å². The molecule has 1 N–H and O–H groups in total. The van der Waals surface area contributed by atoms with Gasteiger partial charge in [-0.25, -0.2) is 9.37 Å². The minimum absolute atomic E-state index is 0.0781. The molecule has 0 aliphatic rings. The van der Waals surface area contributed by atoms with Crippen molar-refractivity contribution < 1.29 is 22.4 Å². The van der Waals surface area contributed by atoms with Crippen LogP contribution in [0.2, 0.25) is 10.0 Å². The first kappa shape index (κ1) is 23.0. The number of pyridine rings is 1. The second-order valence-electron chi connectivity index (χ2n) is 7.22. The zero-order valence-electron chi connectivity index (χ0n) is 16.8. The van der Waals surface area contributed by atoms with Gasteiger partial charge in [0.05, 0.1) is 40.2 Å². The van der Waals surface area contributed by atoms with Crippen molar-refractivity contribution in [1.82, 2.24) is 14.8 Å². The van der Waals surface area contributed by atoms with Crippen LogP contribution in [-0.4, -0.2) is 20.7 Å². The number of halogens is 6. The molecule has 0 saturated heterocycles. The second kappa shape index (κ2) is 8.64. The van der Waals surface area contributed by atoms with Crippen molar-refractivity contribution in [3.8, 4) is 0 Å². The minimum Gasteiger partial charge on any atom is -0.319 e. The Morgan fingerprint density at radius 3 is 2.48 bits per heavy atom. The lowest BCUT2D eigenvalue weighted by molar-refractivity contribution is -0.140. The van der Waals surface area contributed by atoms with Gasteiger partial charge < -0.3 is 5.32 Å². The zero-order chi connectivity index (χ0) is 23.9. The molecule has 0 unspecified atom stereocenters. The third kappa shape index (κ3) is 4.79. The van der Waals surface area contributed by atoms with E-state index in [9.17, 15) is 22.4 Å². The Morgan fingerprint density at radius 1 is 1.12 bits per heavy atom. The van der Waals surface area contributed by atoms with Crippen LogP contribution in [0.1, 0.15) is 27.3 Å². The number of alkyl halides is 3. The fourth-order valence-corrected chi connectivity index (χ4v) is 3.80. The molecular weight excluding hydrogens is 483 g/mol. The average molecular weight is 497 g/mol. The maximum Gasteiger partial charge on any atom is 0.433 e. The molecule has 2 heterocycles. The summed E-state index contributed by atoms with van der Waals surface area (Å²) in [5.41, 5.74) is -0.105. The monoisotopic (exact) mass is 496 g/mol. The molecular formula is C22H14Cl2F4N4O. The number of anilines is 1. The van der Waals surface area contributed by atoms with Crippen LogP contribution >= 0.6 is 23.2 Å². The topological polar surface area (TPSA) is 59.8 Å². The van der Waals surface area contributed by atoms with E-state index in [1.807, 2.05) is 0 Å². The molecule has 170 valence electrons. The normalized spacial score (nSPS) is 11.7. The van der Waals surface area contributed by atoms with E-state index >= 15 is 0 Å². The molecule has 0 saturated carbocycles. The highest BCUT2D eigenvalue weighted by atomic mass is 35.5. The van der Waals surface area contributed by atoms with E-state index in [0.29, 0.717) is 24.0 Å². The Hall–Kier alpha value is -3.17. The Labute approximate surface area is 194 Å². The largest absolute Gasteiger partial charge is 0.433 e. The van der Waals surface area contributed by atoms with E-state index in [1.54, 1.807) is 23.7 Å². The van der Waals surface area contributed by atoms with Crippen LogP contribution in [-0.2, 0) is 12.7 Å². The van der Waals surface area contributed by atoms with E-state index in [-0.39, 0.29) is 32.3 Å². The highest BCUT2D eigenvalue weighted by Gasteiger charge is 2.34. The molecule has 0 fully saturated rings. The van der Waals surface area contributed by atoms with Crippen LogP contribution in [0.25, 0.3) is 10.9 Å². The lowest BCUT2D eigenvalue weighted by Gasteiger charge is -2.13. The number of amides is 1. The van der Waals surface area contributed by atoms with Crippen molar-refractivity contribution >= 4 is 45.7 Å². The first-order valence-electron chi connectivity index (χ1n) is 9.48. The number of aromatic nitrogens is 3. The van der Waals surface area contributed by atoms with Crippen molar-refractivity contribution in [2.75, 3.05) is 5.32 Å². The zero-order valence-corrected chi connectivity index (χ0v) is 18.4. The van der Waals surface area contributed by atoms with E-state index in [1.165, 1.54) is 30.5 Å². The van der Waals surface area contributed by atoms with Crippen LogP contribution in [0.3, 0.4) is 0 Å². The summed E-state index contributed by atoms with van der Waals surface area (Å²) >= 11 is 12.1. The van der Waals surface area contributed by atoms with E-state index in [0.717, 1.165) is 5.56 Å². The molecule has 1 amide bonds. The predicted octanol–water partition coefficient (Wildman–Crippen LogP) is 6.51. The number of fused-ring (bicyclic) bond motifs is 1. The molecule has 11 heteroatoms. The first-order chi connectivity index (χ1) is 15.5. The van der Waals surface area contributed by atoms with E-state index in [4.69, 9.17) is 23.2 Å². The van der Waals surface area contributed by atoms with Crippen molar-refractivity contribution in [2.45, 2.75) is 19.6 Å². The maximum atomic E-state index is 13.4. The molecule has 2 aromatic heterocycles. The van der Waals surface area contributed by atoms with Gasteiger partial charge in [0.15, 0.2) is 0 Å². The number of carbonyl (C=O) groups is 1. The molecule has 0 aliphatic carbocycles. The number of nitrogens with zero attached hydrogens (tertiary/aromatic N) is 3. The van der Waals surface area contributed by atoms with Crippen LogP contribution in [0, 0.1) is 12.7 Å². The summed E-state index contributed by atoms with van der Waals surface area (Å²) in [6, 6.07) is 9.08. The lowest BCUT2D eigenvalue weighted by Crippen LogP contribution is -2.16. The Balaban J connectivity index is 1.69. The van der Waals surface area contributed by atoms with Gasteiger partial charge in [0, 0.05) is 10.4 Å². The first-order valence-corrected chi connectivity index (χ1v) is 10.2. The number of benzene rings is 2. The summed E-state index contributed by atoms with van der Waals surface area (Å²) in [7, 11) is 0. The van der Waals surface area contributed by atoms with Crippen molar-refractivity contribution in [1.29, 1.82) is 0 Å². The molecule has 2 aromatic carbocycles.